The van der Waals surface area contributed by atoms with Gasteiger partial charge >= 0.3 is 0 Å². The highest BCUT2D eigenvalue weighted by atomic mass is 16.3. The van der Waals surface area contributed by atoms with Gasteiger partial charge in [-0.25, -0.2) is 0 Å². The summed E-state index contributed by atoms with van der Waals surface area (Å²) in [5.74, 6) is 1.46. The van der Waals surface area contributed by atoms with Gasteiger partial charge in [-0.15, -0.1) is 0 Å². The second-order valence-electron chi connectivity index (χ2n) is 7.22. The van der Waals surface area contributed by atoms with Crippen LogP contribution in [0.25, 0.3) is 0 Å². The van der Waals surface area contributed by atoms with Crippen molar-refractivity contribution in [2.45, 2.75) is 110 Å². The molecule has 0 aromatic heterocycles. The molecule has 1 aliphatic rings. The molecule has 1 saturated carbocycles. The molecule has 0 saturated heterocycles. The van der Waals surface area contributed by atoms with Crippen LogP contribution in [-0.2, 0) is 0 Å². The molecular weight excluding hydrogens is 244 g/mol. The van der Waals surface area contributed by atoms with Gasteiger partial charge in [0.1, 0.15) is 0 Å². The normalized spacial score (nSPS) is 24.1. The topological polar surface area (TPSA) is 20.2 Å². The summed E-state index contributed by atoms with van der Waals surface area (Å²) in [5.41, 5.74) is 0. The molecule has 0 aromatic carbocycles. The van der Waals surface area contributed by atoms with E-state index in [4.69, 9.17) is 0 Å². The van der Waals surface area contributed by atoms with Gasteiger partial charge in [0.2, 0.25) is 0 Å². The lowest BCUT2D eigenvalue weighted by atomic mass is 9.94. The Bertz CT molecular complexity index is 214. The average Bonchev–Trinajstić information content (AvgIpc) is 2.87. The Hall–Kier alpha value is -0.0400. The van der Waals surface area contributed by atoms with Gasteiger partial charge in [-0.3, -0.25) is 0 Å². The SMILES string of the molecule is CCCCCCCCCCCCC(O)C1CCC(C)C1. The fourth-order valence-corrected chi connectivity index (χ4v) is 3.68. The minimum atomic E-state index is -0.00556. The Balaban J connectivity index is 1.82. The minimum Gasteiger partial charge on any atom is -0.393 e. The number of unbranched alkanes of at least 4 members (excludes halogenated alkanes) is 9. The van der Waals surface area contributed by atoms with Crippen molar-refractivity contribution in [3.05, 3.63) is 0 Å². The van der Waals surface area contributed by atoms with Crippen LogP contribution >= 0.6 is 0 Å². The zero-order chi connectivity index (χ0) is 14.6. The first-order valence-electron chi connectivity index (χ1n) is 9.42. The molecule has 0 aliphatic heterocycles. The summed E-state index contributed by atoms with van der Waals surface area (Å²) < 4.78 is 0. The predicted octanol–water partition coefficient (Wildman–Crippen LogP) is 6.09. The van der Waals surface area contributed by atoms with E-state index in [0.717, 1.165) is 12.3 Å². The van der Waals surface area contributed by atoms with Crippen molar-refractivity contribution in [2.75, 3.05) is 0 Å². The first kappa shape index (κ1) is 18.0. The summed E-state index contributed by atoms with van der Waals surface area (Å²) in [6.45, 7) is 4.61. The molecule has 0 bridgehead atoms. The van der Waals surface area contributed by atoms with Crippen LogP contribution in [0.3, 0.4) is 0 Å². The van der Waals surface area contributed by atoms with Crippen LogP contribution < -0.4 is 0 Å². The molecule has 0 radical (unpaired) electrons. The summed E-state index contributed by atoms with van der Waals surface area (Å²) in [6.07, 6.45) is 18.7. The van der Waals surface area contributed by atoms with Crippen molar-refractivity contribution in [3.63, 3.8) is 0 Å². The van der Waals surface area contributed by atoms with E-state index in [0.29, 0.717) is 5.92 Å². The average molecular weight is 283 g/mol. The largest absolute Gasteiger partial charge is 0.393 e. The zero-order valence-corrected chi connectivity index (χ0v) is 14.1. The molecule has 1 nitrogen and oxygen atoms in total. The zero-order valence-electron chi connectivity index (χ0n) is 14.1. The smallest absolute Gasteiger partial charge is 0.0568 e. The van der Waals surface area contributed by atoms with Crippen LogP contribution in [0.5, 0.6) is 0 Å². The van der Waals surface area contributed by atoms with Gasteiger partial charge in [-0.1, -0.05) is 84.5 Å². The number of hydrogen-bond acceptors (Lipinski definition) is 1. The first-order valence-corrected chi connectivity index (χ1v) is 9.42. The van der Waals surface area contributed by atoms with Crippen molar-refractivity contribution in [1.82, 2.24) is 0 Å². The van der Waals surface area contributed by atoms with Crippen LogP contribution in [-0.4, -0.2) is 11.2 Å². The van der Waals surface area contributed by atoms with Crippen molar-refractivity contribution >= 4 is 0 Å². The van der Waals surface area contributed by atoms with Crippen molar-refractivity contribution in [3.8, 4) is 0 Å². The van der Waals surface area contributed by atoms with Gasteiger partial charge in [0.25, 0.3) is 0 Å². The van der Waals surface area contributed by atoms with Gasteiger partial charge in [0, 0.05) is 0 Å². The molecule has 0 amide bonds. The first-order chi connectivity index (χ1) is 9.74. The number of hydrogen-bond donors (Lipinski definition) is 1. The Morgan fingerprint density at radius 2 is 1.40 bits per heavy atom. The van der Waals surface area contributed by atoms with Crippen LogP contribution in [0.1, 0.15) is 104 Å². The molecule has 120 valence electrons. The maximum Gasteiger partial charge on any atom is 0.0568 e. The van der Waals surface area contributed by atoms with E-state index in [2.05, 4.69) is 13.8 Å². The fraction of sp³-hybridized carbons (Fsp3) is 1.00. The fourth-order valence-electron chi connectivity index (χ4n) is 3.68. The third-order valence-electron chi connectivity index (χ3n) is 5.13. The Morgan fingerprint density at radius 3 is 1.90 bits per heavy atom. The highest BCUT2D eigenvalue weighted by Crippen LogP contribution is 2.34. The lowest BCUT2D eigenvalue weighted by Crippen LogP contribution is -2.17. The van der Waals surface area contributed by atoms with Gasteiger partial charge in [-0.2, -0.15) is 0 Å². The number of aliphatic hydroxyl groups excluding tert-OH is 1. The molecular formula is C19H38O. The molecule has 3 unspecified atom stereocenters. The van der Waals surface area contributed by atoms with E-state index in [-0.39, 0.29) is 6.10 Å². The molecule has 0 aromatic rings. The number of aliphatic hydroxyl groups is 1. The standard InChI is InChI=1S/C19H38O/c1-3-4-5-6-7-8-9-10-11-12-13-19(20)18-15-14-17(2)16-18/h17-20H,3-16H2,1-2H3. The van der Waals surface area contributed by atoms with Gasteiger partial charge in [-0.05, 0) is 31.1 Å². The van der Waals surface area contributed by atoms with E-state index < -0.39 is 0 Å². The number of rotatable bonds is 12. The molecule has 1 fully saturated rings. The second kappa shape index (κ2) is 11.6. The maximum absolute atomic E-state index is 10.2. The summed E-state index contributed by atoms with van der Waals surface area (Å²) in [6, 6.07) is 0. The predicted molar refractivity (Wildman–Crippen MR) is 89.0 cm³/mol. The summed E-state index contributed by atoms with van der Waals surface area (Å²) in [4.78, 5) is 0. The van der Waals surface area contributed by atoms with Gasteiger partial charge in [0.05, 0.1) is 6.10 Å². The van der Waals surface area contributed by atoms with Crippen molar-refractivity contribution < 1.29 is 5.11 Å². The van der Waals surface area contributed by atoms with Gasteiger partial charge in [0.15, 0.2) is 0 Å². The van der Waals surface area contributed by atoms with Crippen LogP contribution in [0, 0.1) is 11.8 Å². The molecule has 1 N–H and O–H groups in total. The summed E-state index contributed by atoms with van der Waals surface area (Å²) in [5, 5.41) is 10.2. The lowest BCUT2D eigenvalue weighted by Gasteiger charge is -2.17. The Kier molecular flexibility index (Phi) is 10.4. The van der Waals surface area contributed by atoms with E-state index in [1.165, 1.54) is 83.5 Å². The molecule has 0 spiro atoms. The monoisotopic (exact) mass is 282 g/mol. The van der Waals surface area contributed by atoms with E-state index in [1.54, 1.807) is 0 Å². The molecule has 3 atom stereocenters. The van der Waals surface area contributed by atoms with Crippen molar-refractivity contribution in [2.24, 2.45) is 11.8 Å². The molecule has 20 heavy (non-hydrogen) atoms. The highest BCUT2D eigenvalue weighted by Gasteiger charge is 2.26. The minimum absolute atomic E-state index is 0.00556. The van der Waals surface area contributed by atoms with E-state index in [9.17, 15) is 5.11 Å². The Morgan fingerprint density at radius 1 is 0.850 bits per heavy atom. The van der Waals surface area contributed by atoms with Crippen LogP contribution in [0.4, 0.5) is 0 Å². The lowest BCUT2D eigenvalue weighted by molar-refractivity contribution is 0.0971. The summed E-state index contributed by atoms with van der Waals surface area (Å²) in [7, 11) is 0. The van der Waals surface area contributed by atoms with Crippen molar-refractivity contribution in [1.29, 1.82) is 0 Å². The summed E-state index contributed by atoms with van der Waals surface area (Å²) >= 11 is 0. The van der Waals surface area contributed by atoms with Crippen LogP contribution in [0.2, 0.25) is 0 Å². The van der Waals surface area contributed by atoms with Gasteiger partial charge < -0.3 is 5.11 Å². The van der Waals surface area contributed by atoms with E-state index in [1.807, 2.05) is 0 Å². The molecule has 1 aliphatic carbocycles. The molecule has 1 rings (SSSR count). The van der Waals surface area contributed by atoms with E-state index >= 15 is 0 Å². The quantitative estimate of drug-likeness (QED) is 0.429. The third kappa shape index (κ3) is 8.29. The Labute approximate surface area is 127 Å². The molecule has 1 heteroatoms. The third-order valence-corrected chi connectivity index (χ3v) is 5.13. The maximum atomic E-state index is 10.2. The van der Waals surface area contributed by atoms with Crippen LogP contribution in [0.15, 0.2) is 0 Å². The molecule has 0 heterocycles. The second-order valence-corrected chi connectivity index (χ2v) is 7.22. The highest BCUT2D eigenvalue weighted by molar-refractivity contribution is 4.78.